The zero-order valence-electron chi connectivity index (χ0n) is 16.3. The highest BCUT2D eigenvalue weighted by molar-refractivity contribution is 5.90. The van der Waals surface area contributed by atoms with E-state index in [0.29, 0.717) is 16.9 Å². The van der Waals surface area contributed by atoms with Gasteiger partial charge in [-0.1, -0.05) is 33.1 Å². The van der Waals surface area contributed by atoms with Crippen molar-refractivity contribution < 1.29 is 22.8 Å². The molecule has 5 nitrogen and oxygen atoms in total. The average Bonchev–Trinajstić information content (AvgIpc) is 2.65. The number of hydrogen-bond donors (Lipinski definition) is 1. The summed E-state index contributed by atoms with van der Waals surface area (Å²) in [4.78, 5) is 29.8. The third-order valence-electron chi connectivity index (χ3n) is 4.98. The topological polar surface area (TPSA) is 62.3 Å². The van der Waals surface area contributed by atoms with Gasteiger partial charge in [-0.15, -0.1) is 0 Å². The number of hydrogen-bond acceptors (Lipinski definition) is 3. The van der Waals surface area contributed by atoms with E-state index in [9.17, 15) is 22.8 Å². The summed E-state index contributed by atoms with van der Waals surface area (Å²) in [6.07, 6.45) is 2.78. The third-order valence-corrected chi connectivity index (χ3v) is 4.98. The first-order valence-corrected chi connectivity index (χ1v) is 9.78. The standard InChI is InChI=1S/C20H28F3N3O2/c1-14(2)10-13-26(19(28)20(21,22)23)17(15-8-11-24-12-9-15)18(27)25-16-6-4-3-5-7-16/h8-9,11-12,14,16-17H,3-7,10,13H2,1-2H3,(H,25,27). The van der Waals surface area contributed by atoms with E-state index < -0.39 is 24.0 Å². The van der Waals surface area contributed by atoms with Crippen LogP contribution in [0, 0.1) is 5.92 Å². The van der Waals surface area contributed by atoms with Crippen molar-refractivity contribution in [3.63, 3.8) is 0 Å². The lowest BCUT2D eigenvalue weighted by Crippen LogP contribution is -2.50. The lowest BCUT2D eigenvalue weighted by Gasteiger charge is -2.34. The number of nitrogens with zero attached hydrogens (tertiary/aromatic N) is 2. The monoisotopic (exact) mass is 399 g/mol. The summed E-state index contributed by atoms with van der Waals surface area (Å²) in [6.45, 7) is 3.57. The molecule has 1 unspecified atom stereocenters. The fourth-order valence-electron chi connectivity index (χ4n) is 3.45. The second-order valence-electron chi connectivity index (χ2n) is 7.71. The molecule has 1 saturated carbocycles. The second kappa shape index (κ2) is 9.89. The van der Waals surface area contributed by atoms with E-state index in [1.165, 1.54) is 24.5 Å². The Labute approximate surface area is 163 Å². The minimum absolute atomic E-state index is 0.0708. The summed E-state index contributed by atoms with van der Waals surface area (Å²) in [5.41, 5.74) is 0.324. The molecular weight excluding hydrogens is 371 g/mol. The molecule has 0 aliphatic heterocycles. The maximum atomic E-state index is 13.3. The lowest BCUT2D eigenvalue weighted by atomic mass is 9.94. The average molecular weight is 399 g/mol. The van der Waals surface area contributed by atoms with Crippen molar-refractivity contribution >= 4 is 11.8 Å². The van der Waals surface area contributed by atoms with Crippen molar-refractivity contribution in [2.45, 2.75) is 70.6 Å². The molecule has 1 aliphatic rings. The fourth-order valence-corrected chi connectivity index (χ4v) is 3.45. The summed E-state index contributed by atoms with van der Waals surface area (Å²) < 4.78 is 39.9. The van der Waals surface area contributed by atoms with Gasteiger partial charge in [0.15, 0.2) is 0 Å². The molecule has 0 spiro atoms. The quantitative estimate of drug-likeness (QED) is 0.754. The number of carbonyl (C=O) groups excluding carboxylic acids is 2. The van der Waals surface area contributed by atoms with Gasteiger partial charge >= 0.3 is 12.1 Å². The van der Waals surface area contributed by atoms with Gasteiger partial charge in [-0.3, -0.25) is 14.6 Å². The highest BCUT2D eigenvalue weighted by Gasteiger charge is 2.46. The number of alkyl halides is 3. The summed E-state index contributed by atoms with van der Waals surface area (Å²) in [5, 5.41) is 2.87. The maximum absolute atomic E-state index is 13.3. The Morgan fingerprint density at radius 2 is 1.79 bits per heavy atom. The van der Waals surface area contributed by atoms with E-state index in [1.54, 1.807) is 0 Å². The minimum Gasteiger partial charge on any atom is -0.351 e. The molecule has 1 aromatic rings. The molecule has 2 amide bonds. The van der Waals surface area contributed by atoms with Crippen molar-refractivity contribution in [2.24, 2.45) is 5.92 Å². The van der Waals surface area contributed by atoms with Gasteiger partial charge in [0.1, 0.15) is 6.04 Å². The van der Waals surface area contributed by atoms with Gasteiger partial charge in [0.25, 0.3) is 0 Å². The first-order chi connectivity index (χ1) is 13.2. The highest BCUT2D eigenvalue weighted by Crippen LogP contribution is 2.29. The van der Waals surface area contributed by atoms with Gasteiger partial charge in [-0.25, -0.2) is 0 Å². The number of amides is 2. The zero-order chi connectivity index (χ0) is 20.7. The number of aromatic nitrogens is 1. The van der Waals surface area contributed by atoms with E-state index in [4.69, 9.17) is 0 Å². The zero-order valence-corrected chi connectivity index (χ0v) is 16.3. The second-order valence-corrected chi connectivity index (χ2v) is 7.71. The molecule has 1 fully saturated rings. The van der Waals surface area contributed by atoms with Gasteiger partial charge in [-0.05, 0) is 42.9 Å². The van der Waals surface area contributed by atoms with Gasteiger partial charge in [0.05, 0.1) is 0 Å². The van der Waals surface area contributed by atoms with Crippen LogP contribution >= 0.6 is 0 Å². The van der Waals surface area contributed by atoms with Crippen molar-refractivity contribution in [1.82, 2.24) is 15.2 Å². The summed E-state index contributed by atoms with van der Waals surface area (Å²) in [7, 11) is 0. The Kier molecular flexibility index (Phi) is 7.83. The molecule has 0 bridgehead atoms. The molecule has 28 heavy (non-hydrogen) atoms. The van der Waals surface area contributed by atoms with Crippen molar-refractivity contribution in [2.75, 3.05) is 6.54 Å². The highest BCUT2D eigenvalue weighted by atomic mass is 19.4. The Hall–Kier alpha value is -2.12. The van der Waals surface area contributed by atoms with Gasteiger partial charge < -0.3 is 10.2 Å². The van der Waals surface area contributed by atoms with Crippen LogP contribution in [0.3, 0.4) is 0 Å². The van der Waals surface area contributed by atoms with E-state index >= 15 is 0 Å². The predicted octanol–water partition coefficient (Wildman–Crippen LogP) is 4.01. The van der Waals surface area contributed by atoms with Crippen LogP contribution in [0.25, 0.3) is 0 Å². The smallest absolute Gasteiger partial charge is 0.351 e. The van der Waals surface area contributed by atoms with Crippen LogP contribution in [0.15, 0.2) is 24.5 Å². The van der Waals surface area contributed by atoms with Crippen LogP contribution < -0.4 is 5.32 Å². The van der Waals surface area contributed by atoms with E-state index in [-0.39, 0.29) is 18.5 Å². The molecule has 2 rings (SSSR count). The van der Waals surface area contributed by atoms with Crippen molar-refractivity contribution in [3.05, 3.63) is 30.1 Å². The summed E-state index contributed by atoms with van der Waals surface area (Å²) >= 11 is 0. The normalized spacial score (nSPS) is 16.6. The molecule has 0 saturated heterocycles. The number of rotatable bonds is 7. The van der Waals surface area contributed by atoms with E-state index in [1.807, 2.05) is 13.8 Å². The van der Waals surface area contributed by atoms with E-state index in [2.05, 4.69) is 10.3 Å². The van der Waals surface area contributed by atoms with E-state index in [0.717, 1.165) is 32.1 Å². The Morgan fingerprint density at radius 3 is 2.32 bits per heavy atom. The molecule has 0 radical (unpaired) electrons. The molecule has 0 aromatic carbocycles. The number of nitrogens with one attached hydrogen (secondary N) is 1. The van der Waals surface area contributed by atoms with Crippen LogP contribution in [0.4, 0.5) is 13.2 Å². The van der Waals surface area contributed by atoms with Crippen LogP contribution in [0.2, 0.25) is 0 Å². The molecular formula is C20H28F3N3O2. The number of carbonyl (C=O) groups is 2. The summed E-state index contributed by atoms with van der Waals surface area (Å²) in [6, 6.07) is 1.56. The van der Waals surface area contributed by atoms with Gasteiger partial charge in [0.2, 0.25) is 5.91 Å². The Balaban J connectivity index is 2.34. The molecule has 1 atom stereocenters. The van der Waals surface area contributed by atoms with Gasteiger partial charge in [0, 0.05) is 25.0 Å². The summed E-state index contributed by atoms with van der Waals surface area (Å²) in [5.74, 6) is -2.48. The number of halogens is 3. The van der Waals surface area contributed by atoms with Crippen LogP contribution in [0.1, 0.15) is 64.0 Å². The molecule has 156 valence electrons. The molecule has 1 aromatic heterocycles. The SMILES string of the molecule is CC(C)CCN(C(=O)C(F)(F)F)C(C(=O)NC1CCCCC1)c1ccncc1. The Morgan fingerprint density at radius 1 is 1.18 bits per heavy atom. The first kappa shape index (κ1) is 22.2. The third kappa shape index (κ3) is 6.21. The Bertz CT molecular complexity index is 644. The van der Waals surface area contributed by atoms with Gasteiger partial charge in [-0.2, -0.15) is 13.2 Å². The molecule has 1 aliphatic carbocycles. The first-order valence-electron chi connectivity index (χ1n) is 9.78. The minimum atomic E-state index is -5.05. The lowest BCUT2D eigenvalue weighted by molar-refractivity contribution is -0.189. The fraction of sp³-hybridized carbons (Fsp3) is 0.650. The van der Waals surface area contributed by atoms with Crippen LogP contribution in [0.5, 0.6) is 0 Å². The number of pyridine rings is 1. The van der Waals surface area contributed by atoms with Crippen molar-refractivity contribution in [3.8, 4) is 0 Å². The van der Waals surface area contributed by atoms with Crippen molar-refractivity contribution in [1.29, 1.82) is 0 Å². The molecule has 8 heteroatoms. The maximum Gasteiger partial charge on any atom is 0.471 e. The molecule has 1 N–H and O–H groups in total. The predicted molar refractivity (Wildman–Crippen MR) is 99.2 cm³/mol. The molecule has 1 heterocycles. The van der Waals surface area contributed by atoms with Crippen LogP contribution in [-0.2, 0) is 9.59 Å². The largest absolute Gasteiger partial charge is 0.471 e. The van der Waals surface area contributed by atoms with Crippen LogP contribution in [-0.4, -0.2) is 40.5 Å².